The number of hydrogen-bond acceptors (Lipinski definition) is 3. The predicted molar refractivity (Wildman–Crippen MR) is 90.1 cm³/mol. The van der Waals surface area contributed by atoms with E-state index in [0.717, 1.165) is 24.5 Å². The van der Waals surface area contributed by atoms with Crippen LogP contribution in [-0.4, -0.2) is 9.97 Å². The molecule has 0 bridgehead atoms. The summed E-state index contributed by atoms with van der Waals surface area (Å²) in [6.07, 6.45) is 6.51. The zero-order valence-electron chi connectivity index (χ0n) is 12.7. The highest BCUT2D eigenvalue weighted by atomic mass is 15.2. The molecule has 0 radical (unpaired) electrons. The Balaban J connectivity index is 1.99. The molecule has 3 nitrogen and oxygen atoms in total. The van der Waals surface area contributed by atoms with Crippen molar-refractivity contribution in [1.29, 1.82) is 0 Å². The summed E-state index contributed by atoms with van der Waals surface area (Å²) in [5, 5.41) is 0. The lowest BCUT2D eigenvalue weighted by Crippen LogP contribution is -2.17. The Labute approximate surface area is 131 Å². The summed E-state index contributed by atoms with van der Waals surface area (Å²) in [4.78, 5) is 10.8. The van der Waals surface area contributed by atoms with Crippen LogP contribution in [0.15, 0.2) is 73.2 Å². The van der Waals surface area contributed by atoms with Gasteiger partial charge in [0.25, 0.3) is 0 Å². The van der Waals surface area contributed by atoms with Crippen molar-refractivity contribution in [1.82, 2.24) is 9.97 Å². The molecule has 0 spiro atoms. The molecule has 0 saturated carbocycles. The van der Waals surface area contributed by atoms with E-state index in [9.17, 15) is 0 Å². The van der Waals surface area contributed by atoms with E-state index >= 15 is 0 Å². The Bertz CT molecular complexity index is 711. The van der Waals surface area contributed by atoms with Crippen LogP contribution in [0.3, 0.4) is 0 Å². The molecule has 0 fully saturated rings. The van der Waals surface area contributed by atoms with Crippen LogP contribution in [0.1, 0.15) is 18.1 Å². The van der Waals surface area contributed by atoms with Gasteiger partial charge in [-0.3, -0.25) is 4.98 Å². The quantitative estimate of drug-likeness (QED) is 0.698. The van der Waals surface area contributed by atoms with Crippen molar-refractivity contribution >= 4 is 11.5 Å². The first-order chi connectivity index (χ1) is 10.9. The van der Waals surface area contributed by atoms with Crippen molar-refractivity contribution in [3.8, 4) is 0 Å². The molecule has 0 aliphatic carbocycles. The Morgan fingerprint density at radius 3 is 2.45 bits per heavy atom. The highest BCUT2D eigenvalue weighted by Gasteiger charge is 2.11. The second kappa shape index (κ2) is 6.85. The van der Waals surface area contributed by atoms with Crippen LogP contribution < -0.4 is 4.90 Å². The number of aromatic nitrogens is 2. The molecule has 3 heteroatoms. The maximum Gasteiger partial charge on any atom is 0.133 e. The molecule has 22 heavy (non-hydrogen) atoms. The summed E-state index contributed by atoms with van der Waals surface area (Å²) in [5.41, 5.74) is 3.70. The van der Waals surface area contributed by atoms with E-state index < -0.39 is 0 Å². The Hall–Kier alpha value is -2.68. The number of anilines is 2. The Morgan fingerprint density at radius 1 is 0.864 bits per heavy atom. The van der Waals surface area contributed by atoms with E-state index in [1.807, 2.05) is 48.9 Å². The van der Waals surface area contributed by atoms with Gasteiger partial charge in [-0.25, -0.2) is 4.98 Å². The van der Waals surface area contributed by atoms with E-state index in [2.05, 4.69) is 46.1 Å². The third kappa shape index (κ3) is 3.31. The van der Waals surface area contributed by atoms with Crippen molar-refractivity contribution in [3.63, 3.8) is 0 Å². The smallest absolute Gasteiger partial charge is 0.133 e. The van der Waals surface area contributed by atoms with Crippen LogP contribution in [0.2, 0.25) is 0 Å². The van der Waals surface area contributed by atoms with Gasteiger partial charge >= 0.3 is 0 Å². The number of rotatable bonds is 5. The molecule has 0 unspecified atom stereocenters. The fraction of sp³-hybridized carbons (Fsp3) is 0.158. The molecule has 0 saturated heterocycles. The fourth-order valence-electron chi connectivity index (χ4n) is 2.43. The molecule has 0 atom stereocenters. The van der Waals surface area contributed by atoms with Crippen molar-refractivity contribution < 1.29 is 0 Å². The summed E-state index contributed by atoms with van der Waals surface area (Å²) >= 11 is 0. The van der Waals surface area contributed by atoms with Gasteiger partial charge in [-0.15, -0.1) is 0 Å². The van der Waals surface area contributed by atoms with E-state index in [1.54, 1.807) is 0 Å². The molecule has 0 aliphatic rings. The van der Waals surface area contributed by atoms with Crippen LogP contribution in [0.4, 0.5) is 11.5 Å². The van der Waals surface area contributed by atoms with Crippen LogP contribution >= 0.6 is 0 Å². The predicted octanol–water partition coefficient (Wildman–Crippen LogP) is 4.38. The molecule has 0 amide bonds. The largest absolute Gasteiger partial charge is 0.322 e. The van der Waals surface area contributed by atoms with Gasteiger partial charge in [0.2, 0.25) is 0 Å². The van der Waals surface area contributed by atoms with Gasteiger partial charge in [0.1, 0.15) is 5.82 Å². The summed E-state index contributed by atoms with van der Waals surface area (Å²) in [5.74, 6) is 0.951. The maximum atomic E-state index is 4.52. The number of nitrogens with zero attached hydrogens (tertiary/aromatic N) is 3. The van der Waals surface area contributed by atoms with Crippen molar-refractivity contribution in [2.45, 2.75) is 19.9 Å². The minimum atomic E-state index is 0.771. The van der Waals surface area contributed by atoms with Gasteiger partial charge in [-0.05, 0) is 53.9 Å². The molecule has 1 aromatic carbocycles. The van der Waals surface area contributed by atoms with Gasteiger partial charge in [0.05, 0.1) is 0 Å². The molecule has 2 heterocycles. The first-order valence-electron chi connectivity index (χ1n) is 7.53. The first-order valence-corrected chi connectivity index (χ1v) is 7.53. The lowest BCUT2D eigenvalue weighted by atomic mass is 10.1. The highest BCUT2D eigenvalue weighted by Crippen LogP contribution is 2.26. The number of hydrogen-bond donors (Lipinski definition) is 0. The topological polar surface area (TPSA) is 29.0 Å². The summed E-state index contributed by atoms with van der Waals surface area (Å²) < 4.78 is 0. The Kier molecular flexibility index (Phi) is 4.44. The maximum absolute atomic E-state index is 4.52. The zero-order chi connectivity index (χ0) is 15.2. The fourth-order valence-corrected chi connectivity index (χ4v) is 2.43. The number of benzene rings is 1. The van der Waals surface area contributed by atoms with Crippen LogP contribution in [0.25, 0.3) is 0 Å². The normalized spacial score (nSPS) is 10.4. The summed E-state index contributed by atoms with van der Waals surface area (Å²) in [7, 11) is 0. The third-order valence-electron chi connectivity index (χ3n) is 3.65. The van der Waals surface area contributed by atoms with Crippen molar-refractivity contribution in [2.75, 3.05) is 4.90 Å². The highest BCUT2D eigenvalue weighted by molar-refractivity contribution is 5.60. The lowest BCUT2D eigenvalue weighted by molar-refractivity contribution is 0.940. The SMILES string of the molecule is CCc1cccc(N(Cc2ccncc2)c2ccccn2)c1. The molecular weight excluding hydrogens is 270 g/mol. The van der Waals surface area contributed by atoms with Gasteiger partial charge in [0, 0.05) is 30.8 Å². The molecular formula is C19H19N3. The average molecular weight is 289 g/mol. The van der Waals surface area contributed by atoms with E-state index in [1.165, 1.54) is 11.1 Å². The molecule has 2 aromatic heterocycles. The average Bonchev–Trinajstić information content (AvgIpc) is 2.61. The van der Waals surface area contributed by atoms with Gasteiger partial charge in [0.15, 0.2) is 0 Å². The molecule has 3 aromatic rings. The summed E-state index contributed by atoms with van der Waals surface area (Å²) in [6, 6.07) is 18.7. The molecule has 0 aliphatic heterocycles. The van der Waals surface area contributed by atoms with Crippen molar-refractivity contribution in [3.05, 3.63) is 84.3 Å². The minimum Gasteiger partial charge on any atom is -0.322 e. The van der Waals surface area contributed by atoms with E-state index in [0.29, 0.717) is 0 Å². The van der Waals surface area contributed by atoms with Crippen LogP contribution in [0, 0.1) is 0 Å². The molecule has 0 N–H and O–H groups in total. The standard InChI is InChI=1S/C19H19N3/c1-2-16-6-5-7-18(14-16)22(19-8-3-4-11-21-19)15-17-9-12-20-13-10-17/h3-14H,2,15H2,1H3. The second-order valence-corrected chi connectivity index (χ2v) is 5.15. The van der Waals surface area contributed by atoms with Crippen LogP contribution in [-0.2, 0) is 13.0 Å². The molecule has 110 valence electrons. The molecule has 3 rings (SSSR count). The zero-order valence-corrected chi connectivity index (χ0v) is 12.7. The van der Waals surface area contributed by atoms with Gasteiger partial charge in [-0.2, -0.15) is 0 Å². The second-order valence-electron chi connectivity index (χ2n) is 5.15. The van der Waals surface area contributed by atoms with E-state index in [-0.39, 0.29) is 0 Å². The van der Waals surface area contributed by atoms with Gasteiger partial charge in [-0.1, -0.05) is 25.1 Å². The monoisotopic (exact) mass is 289 g/mol. The van der Waals surface area contributed by atoms with Gasteiger partial charge < -0.3 is 4.90 Å². The van der Waals surface area contributed by atoms with Crippen molar-refractivity contribution in [2.24, 2.45) is 0 Å². The van der Waals surface area contributed by atoms with E-state index in [4.69, 9.17) is 0 Å². The summed E-state index contributed by atoms with van der Waals surface area (Å²) in [6.45, 7) is 2.94. The number of aryl methyl sites for hydroxylation is 1. The third-order valence-corrected chi connectivity index (χ3v) is 3.65. The minimum absolute atomic E-state index is 0.771. The van der Waals surface area contributed by atoms with Crippen LogP contribution in [0.5, 0.6) is 0 Å². The first kappa shape index (κ1) is 14.3. The number of pyridine rings is 2. The Morgan fingerprint density at radius 2 is 1.73 bits per heavy atom. The lowest BCUT2D eigenvalue weighted by Gasteiger charge is -2.24.